The summed E-state index contributed by atoms with van der Waals surface area (Å²) in [6, 6.07) is 15.3. The molecule has 0 saturated carbocycles. The quantitative estimate of drug-likeness (QED) is 0.631. The van der Waals surface area contributed by atoms with Gasteiger partial charge in [-0.1, -0.05) is 24.3 Å². The summed E-state index contributed by atoms with van der Waals surface area (Å²) in [6.07, 6.45) is 1.72. The summed E-state index contributed by atoms with van der Waals surface area (Å²) >= 11 is 0. The molecule has 0 unspecified atom stereocenters. The molecule has 2 aromatic heterocycles. The molecule has 0 saturated heterocycles. The van der Waals surface area contributed by atoms with Crippen LogP contribution in [0.5, 0.6) is 0 Å². The molecule has 0 atom stereocenters. The Hall–Kier alpha value is -3.28. The minimum atomic E-state index is -0.301. The smallest absolute Gasteiger partial charge is 0.270 e. The Labute approximate surface area is 136 Å². The number of nitrogens with zero attached hydrogens (tertiary/aromatic N) is 3. The minimum absolute atomic E-state index is 0.285. The van der Waals surface area contributed by atoms with E-state index in [2.05, 4.69) is 15.4 Å². The first-order valence-electron chi connectivity index (χ1n) is 7.47. The lowest BCUT2D eigenvalue weighted by molar-refractivity contribution is 0.0946. The molecule has 0 bridgehead atoms. The van der Waals surface area contributed by atoms with E-state index in [0.29, 0.717) is 17.9 Å². The molecule has 4 aromatic rings. The van der Waals surface area contributed by atoms with E-state index >= 15 is 0 Å². The Balaban J connectivity index is 1.59. The first-order chi connectivity index (χ1) is 11.7. The highest BCUT2D eigenvalue weighted by molar-refractivity contribution is 5.96. The molecule has 0 aliphatic heterocycles. The fraction of sp³-hybridized carbons (Fsp3) is 0.0556. The molecule has 5 nitrogen and oxygen atoms in total. The van der Waals surface area contributed by atoms with E-state index in [1.54, 1.807) is 28.9 Å². The molecular weight excluding hydrogens is 307 g/mol. The lowest BCUT2D eigenvalue weighted by Gasteiger charge is -2.05. The van der Waals surface area contributed by atoms with Crippen LogP contribution in [-0.4, -0.2) is 20.5 Å². The SMILES string of the molecule is O=C(NCc1ccc(F)cc1)c1ccn2nc3ccccc3c2n1. The van der Waals surface area contributed by atoms with Crippen molar-refractivity contribution in [2.24, 2.45) is 0 Å². The zero-order chi connectivity index (χ0) is 16.5. The average Bonchev–Trinajstić information content (AvgIpc) is 2.99. The van der Waals surface area contributed by atoms with Gasteiger partial charge in [-0.05, 0) is 35.9 Å². The van der Waals surface area contributed by atoms with Gasteiger partial charge in [0.2, 0.25) is 0 Å². The summed E-state index contributed by atoms with van der Waals surface area (Å²) in [7, 11) is 0. The number of amides is 1. The zero-order valence-corrected chi connectivity index (χ0v) is 12.6. The van der Waals surface area contributed by atoms with Gasteiger partial charge in [-0.25, -0.2) is 13.9 Å². The molecule has 4 rings (SSSR count). The van der Waals surface area contributed by atoms with E-state index in [0.717, 1.165) is 16.5 Å². The monoisotopic (exact) mass is 320 g/mol. The molecule has 1 N–H and O–H groups in total. The molecule has 118 valence electrons. The summed E-state index contributed by atoms with van der Waals surface area (Å²) in [5, 5.41) is 8.08. The number of carbonyl (C=O) groups is 1. The highest BCUT2D eigenvalue weighted by Crippen LogP contribution is 2.17. The van der Waals surface area contributed by atoms with Gasteiger partial charge in [0.1, 0.15) is 11.5 Å². The second kappa shape index (κ2) is 5.73. The van der Waals surface area contributed by atoms with Crippen LogP contribution in [0.25, 0.3) is 16.6 Å². The third-order valence-electron chi connectivity index (χ3n) is 3.78. The van der Waals surface area contributed by atoms with Crippen LogP contribution in [0.15, 0.2) is 60.8 Å². The lowest BCUT2D eigenvalue weighted by Crippen LogP contribution is -2.24. The van der Waals surface area contributed by atoms with Gasteiger partial charge in [-0.15, -0.1) is 0 Å². The number of halogens is 1. The van der Waals surface area contributed by atoms with Gasteiger partial charge in [-0.2, -0.15) is 5.10 Å². The van der Waals surface area contributed by atoms with E-state index in [4.69, 9.17) is 0 Å². The largest absolute Gasteiger partial charge is 0.347 e. The van der Waals surface area contributed by atoms with Crippen molar-refractivity contribution < 1.29 is 9.18 Å². The molecule has 2 aromatic carbocycles. The summed E-state index contributed by atoms with van der Waals surface area (Å²) in [6.45, 7) is 0.311. The highest BCUT2D eigenvalue weighted by atomic mass is 19.1. The lowest BCUT2D eigenvalue weighted by atomic mass is 10.2. The van der Waals surface area contributed by atoms with Crippen molar-refractivity contribution in [1.82, 2.24) is 19.9 Å². The predicted octanol–water partition coefficient (Wildman–Crippen LogP) is 2.95. The van der Waals surface area contributed by atoms with Gasteiger partial charge in [-0.3, -0.25) is 4.79 Å². The molecule has 24 heavy (non-hydrogen) atoms. The molecule has 6 heteroatoms. The maximum Gasteiger partial charge on any atom is 0.270 e. The van der Waals surface area contributed by atoms with Crippen LogP contribution in [0, 0.1) is 5.82 Å². The summed E-state index contributed by atoms with van der Waals surface area (Å²) in [5.41, 5.74) is 2.60. The topological polar surface area (TPSA) is 59.3 Å². The number of fused-ring (bicyclic) bond motifs is 3. The van der Waals surface area contributed by atoms with Gasteiger partial charge < -0.3 is 5.32 Å². The predicted molar refractivity (Wildman–Crippen MR) is 88.1 cm³/mol. The molecule has 2 heterocycles. The standard InChI is InChI=1S/C18H13FN4O/c19-13-7-5-12(6-8-13)11-20-18(24)16-9-10-23-17(21-16)14-3-1-2-4-15(14)22-23/h1-10H,11H2,(H,20,24). The number of carbonyl (C=O) groups excluding carboxylic acids is 1. The maximum atomic E-state index is 12.9. The molecular formula is C18H13FN4O. The number of nitrogens with one attached hydrogen (secondary N) is 1. The van der Waals surface area contributed by atoms with Gasteiger partial charge in [0, 0.05) is 18.1 Å². The van der Waals surface area contributed by atoms with E-state index < -0.39 is 0 Å². The normalized spacial score (nSPS) is 11.0. The molecule has 0 fully saturated rings. The Morgan fingerprint density at radius 2 is 1.88 bits per heavy atom. The molecule has 0 spiro atoms. The molecule has 0 aliphatic carbocycles. The van der Waals surface area contributed by atoms with Crippen LogP contribution in [0.4, 0.5) is 4.39 Å². The number of aromatic nitrogens is 3. The fourth-order valence-electron chi connectivity index (χ4n) is 2.55. The van der Waals surface area contributed by atoms with Crippen molar-refractivity contribution in [2.75, 3.05) is 0 Å². The van der Waals surface area contributed by atoms with Crippen LogP contribution in [-0.2, 0) is 6.54 Å². The molecule has 0 aliphatic rings. The van der Waals surface area contributed by atoms with Crippen LogP contribution in [0.1, 0.15) is 16.1 Å². The van der Waals surface area contributed by atoms with E-state index in [1.807, 2.05) is 24.3 Å². The number of hydrogen-bond donors (Lipinski definition) is 1. The molecule has 0 radical (unpaired) electrons. The zero-order valence-electron chi connectivity index (χ0n) is 12.6. The third kappa shape index (κ3) is 2.58. The van der Waals surface area contributed by atoms with Crippen LogP contribution in [0.3, 0.4) is 0 Å². The number of hydrogen-bond acceptors (Lipinski definition) is 3. The maximum absolute atomic E-state index is 12.9. The highest BCUT2D eigenvalue weighted by Gasteiger charge is 2.11. The van der Waals surface area contributed by atoms with Crippen molar-refractivity contribution in [1.29, 1.82) is 0 Å². The van der Waals surface area contributed by atoms with Gasteiger partial charge in [0.25, 0.3) is 5.91 Å². The summed E-state index contributed by atoms with van der Waals surface area (Å²) in [5.74, 6) is -0.586. The third-order valence-corrected chi connectivity index (χ3v) is 3.78. The Bertz CT molecular complexity index is 1040. The van der Waals surface area contributed by atoms with Crippen molar-refractivity contribution in [3.05, 3.63) is 77.9 Å². The van der Waals surface area contributed by atoms with Gasteiger partial charge in [0.15, 0.2) is 5.65 Å². The number of benzene rings is 2. The van der Waals surface area contributed by atoms with E-state index in [9.17, 15) is 9.18 Å². The van der Waals surface area contributed by atoms with Gasteiger partial charge >= 0.3 is 0 Å². The number of rotatable bonds is 3. The summed E-state index contributed by atoms with van der Waals surface area (Å²) in [4.78, 5) is 16.7. The first kappa shape index (κ1) is 14.3. The minimum Gasteiger partial charge on any atom is -0.347 e. The van der Waals surface area contributed by atoms with E-state index in [-0.39, 0.29) is 11.7 Å². The Morgan fingerprint density at radius 1 is 1.08 bits per heavy atom. The van der Waals surface area contributed by atoms with Crippen LogP contribution >= 0.6 is 0 Å². The Kier molecular flexibility index (Phi) is 3.42. The first-order valence-corrected chi connectivity index (χ1v) is 7.47. The van der Waals surface area contributed by atoms with Crippen molar-refractivity contribution in [3.8, 4) is 0 Å². The molecule has 1 amide bonds. The van der Waals surface area contributed by atoms with Crippen molar-refractivity contribution in [2.45, 2.75) is 6.54 Å². The second-order valence-corrected chi connectivity index (χ2v) is 5.41. The van der Waals surface area contributed by atoms with Crippen LogP contribution in [0.2, 0.25) is 0 Å². The van der Waals surface area contributed by atoms with E-state index in [1.165, 1.54) is 12.1 Å². The summed E-state index contributed by atoms with van der Waals surface area (Å²) < 4.78 is 14.5. The second-order valence-electron chi connectivity index (χ2n) is 5.41. The average molecular weight is 320 g/mol. The Morgan fingerprint density at radius 3 is 2.71 bits per heavy atom. The van der Waals surface area contributed by atoms with Crippen LogP contribution < -0.4 is 5.32 Å². The van der Waals surface area contributed by atoms with Crippen molar-refractivity contribution >= 4 is 22.5 Å². The van der Waals surface area contributed by atoms with Crippen molar-refractivity contribution in [3.63, 3.8) is 0 Å². The fourth-order valence-corrected chi connectivity index (χ4v) is 2.55. The van der Waals surface area contributed by atoms with Gasteiger partial charge in [0.05, 0.1) is 5.52 Å².